The molecule has 0 saturated carbocycles. The predicted molar refractivity (Wildman–Crippen MR) is 62.7 cm³/mol. The molecule has 15 heavy (non-hydrogen) atoms. The summed E-state index contributed by atoms with van der Waals surface area (Å²) in [6, 6.07) is 3.95. The standard InChI is InChI=1S/C11H13N3S/c12-5-1-4-10-8-14-11(15-10)9-3-2-6-13-7-9/h2-3,6-8H,1,4-5,12H2. The van der Waals surface area contributed by atoms with Gasteiger partial charge in [0.15, 0.2) is 0 Å². The summed E-state index contributed by atoms with van der Waals surface area (Å²) in [5, 5.41) is 1.04. The van der Waals surface area contributed by atoms with E-state index in [4.69, 9.17) is 5.73 Å². The molecule has 0 atom stereocenters. The first-order valence-corrected chi connectivity index (χ1v) is 5.77. The largest absolute Gasteiger partial charge is 0.330 e. The second-order valence-corrected chi connectivity index (χ2v) is 4.38. The quantitative estimate of drug-likeness (QED) is 0.856. The molecule has 0 spiro atoms. The number of nitrogens with zero attached hydrogens (tertiary/aromatic N) is 2. The number of aromatic nitrogens is 2. The minimum atomic E-state index is 0.736. The van der Waals surface area contributed by atoms with Crippen molar-refractivity contribution in [3.8, 4) is 10.6 Å². The van der Waals surface area contributed by atoms with E-state index in [1.807, 2.05) is 24.5 Å². The lowest BCUT2D eigenvalue weighted by Gasteiger charge is -1.93. The van der Waals surface area contributed by atoms with E-state index in [0.717, 1.165) is 30.0 Å². The Morgan fingerprint density at radius 2 is 2.27 bits per heavy atom. The van der Waals surface area contributed by atoms with Crippen LogP contribution in [0.4, 0.5) is 0 Å². The van der Waals surface area contributed by atoms with Gasteiger partial charge in [0, 0.05) is 29.0 Å². The highest BCUT2D eigenvalue weighted by Gasteiger charge is 2.03. The Hall–Kier alpha value is -1.26. The van der Waals surface area contributed by atoms with Crippen molar-refractivity contribution in [2.75, 3.05) is 6.54 Å². The fraction of sp³-hybridized carbons (Fsp3) is 0.273. The zero-order chi connectivity index (χ0) is 10.5. The summed E-state index contributed by atoms with van der Waals surface area (Å²) in [4.78, 5) is 9.75. The average Bonchev–Trinajstić information content (AvgIpc) is 2.76. The van der Waals surface area contributed by atoms with Crippen LogP contribution in [0.3, 0.4) is 0 Å². The molecule has 0 saturated heterocycles. The molecule has 2 rings (SSSR count). The molecule has 0 aliphatic rings. The van der Waals surface area contributed by atoms with Crippen LogP contribution in [0, 0.1) is 0 Å². The lowest BCUT2D eigenvalue weighted by molar-refractivity contribution is 0.841. The van der Waals surface area contributed by atoms with Gasteiger partial charge in [0.05, 0.1) is 0 Å². The Labute approximate surface area is 93.0 Å². The number of aryl methyl sites for hydroxylation is 1. The van der Waals surface area contributed by atoms with Crippen molar-refractivity contribution in [2.45, 2.75) is 12.8 Å². The fourth-order valence-corrected chi connectivity index (χ4v) is 2.27. The van der Waals surface area contributed by atoms with Gasteiger partial charge in [0.25, 0.3) is 0 Å². The van der Waals surface area contributed by atoms with Gasteiger partial charge in [0.1, 0.15) is 5.01 Å². The Balaban J connectivity index is 2.14. The maximum atomic E-state index is 5.47. The molecule has 0 unspecified atom stereocenters. The Kier molecular flexibility index (Phi) is 3.42. The molecule has 2 aromatic rings. The Morgan fingerprint density at radius 3 is 3.00 bits per heavy atom. The normalized spacial score (nSPS) is 10.5. The molecule has 0 amide bonds. The van der Waals surface area contributed by atoms with E-state index in [-0.39, 0.29) is 0 Å². The van der Waals surface area contributed by atoms with E-state index in [1.165, 1.54) is 4.88 Å². The maximum Gasteiger partial charge on any atom is 0.125 e. The lowest BCUT2D eigenvalue weighted by Crippen LogP contribution is -1.99. The van der Waals surface area contributed by atoms with Crippen molar-refractivity contribution in [3.63, 3.8) is 0 Å². The Bertz CT molecular complexity index is 411. The number of hydrogen-bond acceptors (Lipinski definition) is 4. The van der Waals surface area contributed by atoms with Crippen molar-refractivity contribution in [1.82, 2.24) is 9.97 Å². The van der Waals surface area contributed by atoms with Crippen LogP contribution in [0.1, 0.15) is 11.3 Å². The first-order valence-electron chi connectivity index (χ1n) is 4.95. The molecule has 2 heterocycles. The van der Waals surface area contributed by atoms with Gasteiger partial charge in [-0.3, -0.25) is 4.98 Å². The number of pyridine rings is 1. The third-order valence-corrected chi connectivity index (χ3v) is 3.20. The van der Waals surface area contributed by atoms with Gasteiger partial charge in [-0.15, -0.1) is 11.3 Å². The van der Waals surface area contributed by atoms with Gasteiger partial charge in [0.2, 0.25) is 0 Å². The topological polar surface area (TPSA) is 51.8 Å². The van der Waals surface area contributed by atoms with E-state index < -0.39 is 0 Å². The molecule has 2 N–H and O–H groups in total. The number of nitrogens with two attached hydrogens (primary N) is 1. The highest BCUT2D eigenvalue weighted by Crippen LogP contribution is 2.24. The zero-order valence-corrected chi connectivity index (χ0v) is 9.20. The molecule has 0 fully saturated rings. The highest BCUT2D eigenvalue weighted by atomic mass is 32.1. The first kappa shape index (κ1) is 10.3. The van der Waals surface area contributed by atoms with E-state index in [2.05, 4.69) is 9.97 Å². The smallest absolute Gasteiger partial charge is 0.125 e. The monoisotopic (exact) mass is 219 g/mol. The van der Waals surface area contributed by atoms with Gasteiger partial charge < -0.3 is 5.73 Å². The zero-order valence-electron chi connectivity index (χ0n) is 8.39. The predicted octanol–water partition coefficient (Wildman–Crippen LogP) is 2.10. The molecule has 2 aromatic heterocycles. The molecule has 78 valence electrons. The summed E-state index contributed by atoms with van der Waals surface area (Å²) in [6.07, 6.45) is 7.59. The molecule has 4 heteroatoms. The van der Waals surface area contributed by atoms with Crippen LogP contribution in [-0.4, -0.2) is 16.5 Å². The number of rotatable bonds is 4. The van der Waals surface area contributed by atoms with E-state index >= 15 is 0 Å². The van der Waals surface area contributed by atoms with E-state index in [1.54, 1.807) is 17.5 Å². The average molecular weight is 219 g/mol. The van der Waals surface area contributed by atoms with Crippen LogP contribution in [-0.2, 0) is 6.42 Å². The number of hydrogen-bond donors (Lipinski definition) is 1. The van der Waals surface area contributed by atoms with E-state index in [9.17, 15) is 0 Å². The van der Waals surface area contributed by atoms with Gasteiger partial charge in [-0.1, -0.05) is 0 Å². The van der Waals surface area contributed by atoms with E-state index in [0.29, 0.717) is 0 Å². The minimum absolute atomic E-state index is 0.736. The summed E-state index contributed by atoms with van der Waals surface area (Å²) < 4.78 is 0. The van der Waals surface area contributed by atoms with Crippen molar-refractivity contribution in [3.05, 3.63) is 35.6 Å². The van der Waals surface area contributed by atoms with Crippen LogP contribution in [0.5, 0.6) is 0 Å². The Morgan fingerprint density at radius 1 is 1.33 bits per heavy atom. The summed E-state index contributed by atoms with van der Waals surface area (Å²) in [5.41, 5.74) is 6.55. The molecule has 0 aliphatic heterocycles. The van der Waals surface area contributed by atoms with Gasteiger partial charge in [-0.25, -0.2) is 4.98 Å². The molecule has 0 radical (unpaired) electrons. The van der Waals surface area contributed by atoms with Crippen molar-refractivity contribution < 1.29 is 0 Å². The number of thiazole rings is 1. The SMILES string of the molecule is NCCCc1cnc(-c2cccnc2)s1. The third kappa shape index (κ3) is 2.61. The second kappa shape index (κ2) is 5.00. The molecule has 0 aliphatic carbocycles. The third-order valence-electron chi connectivity index (χ3n) is 2.09. The van der Waals surface area contributed by atoms with Gasteiger partial charge in [-0.2, -0.15) is 0 Å². The summed E-state index contributed by atoms with van der Waals surface area (Å²) in [6.45, 7) is 0.736. The van der Waals surface area contributed by atoms with Crippen LogP contribution in [0.25, 0.3) is 10.6 Å². The molecule has 0 bridgehead atoms. The first-order chi connectivity index (χ1) is 7.40. The molecule has 3 nitrogen and oxygen atoms in total. The van der Waals surface area contributed by atoms with Crippen LogP contribution in [0.2, 0.25) is 0 Å². The molecular formula is C11H13N3S. The summed E-state index contributed by atoms with van der Waals surface area (Å²) in [7, 11) is 0. The molecule has 0 aromatic carbocycles. The minimum Gasteiger partial charge on any atom is -0.330 e. The summed E-state index contributed by atoms with van der Waals surface area (Å²) >= 11 is 1.72. The molecular weight excluding hydrogens is 206 g/mol. The van der Waals surface area contributed by atoms with Gasteiger partial charge in [-0.05, 0) is 31.5 Å². The lowest BCUT2D eigenvalue weighted by atomic mass is 10.3. The fourth-order valence-electron chi connectivity index (χ4n) is 1.32. The second-order valence-electron chi connectivity index (χ2n) is 3.27. The van der Waals surface area contributed by atoms with Gasteiger partial charge >= 0.3 is 0 Å². The van der Waals surface area contributed by atoms with Crippen LogP contribution >= 0.6 is 11.3 Å². The maximum absolute atomic E-state index is 5.47. The van der Waals surface area contributed by atoms with Crippen LogP contribution < -0.4 is 5.73 Å². The highest BCUT2D eigenvalue weighted by molar-refractivity contribution is 7.15. The van der Waals surface area contributed by atoms with Crippen molar-refractivity contribution >= 4 is 11.3 Å². The van der Waals surface area contributed by atoms with Crippen LogP contribution in [0.15, 0.2) is 30.7 Å². The summed E-state index contributed by atoms with van der Waals surface area (Å²) in [5.74, 6) is 0. The van der Waals surface area contributed by atoms with Crippen molar-refractivity contribution in [1.29, 1.82) is 0 Å². The van der Waals surface area contributed by atoms with Crippen molar-refractivity contribution in [2.24, 2.45) is 5.73 Å².